The highest BCUT2D eigenvalue weighted by atomic mass is 16.6. The van der Waals surface area contributed by atoms with E-state index in [0.29, 0.717) is 5.92 Å². The van der Waals surface area contributed by atoms with Crippen molar-refractivity contribution in [2.24, 2.45) is 5.92 Å². The summed E-state index contributed by atoms with van der Waals surface area (Å²) in [6.45, 7) is 6.24. The molecule has 1 N–H and O–H groups in total. The fourth-order valence-electron chi connectivity index (χ4n) is 2.32. The molecule has 0 radical (unpaired) electrons. The van der Waals surface area contributed by atoms with Crippen molar-refractivity contribution in [3.63, 3.8) is 0 Å². The molecule has 0 aliphatic rings. The molecule has 1 rings (SSSR count). The van der Waals surface area contributed by atoms with Crippen molar-refractivity contribution in [3.05, 3.63) is 39.9 Å². The molecule has 0 fully saturated rings. The first-order valence-corrected chi connectivity index (χ1v) is 5.89. The van der Waals surface area contributed by atoms with E-state index in [-0.39, 0.29) is 22.6 Å². The summed E-state index contributed by atoms with van der Waals surface area (Å²) < 4.78 is 0. The number of nitrogens with one attached hydrogen (secondary N) is 1. The van der Waals surface area contributed by atoms with Gasteiger partial charge in [-0.05, 0) is 19.9 Å². The third kappa shape index (κ3) is 3.03. The highest BCUT2D eigenvalue weighted by Gasteiger charge is 2.27. The number of nitrogens with zero attached hydrogens (tertiary/aromatic N) is 1. The predicted molar refractivity (Wildman–Crippen MR) is 69.2 cm³/mol. The molecule has 0 aliphatic heterocycles. The van der Waals surface area contributed by atoms with Gasteiger partial charge in [-0.2, -0.15) is 0 Å². The van der Waals surface area contributed by atoms with Gasteiger partial charge in [0.2, 0.25) is 0 Å². The largest absolute Gasteiger partial charge is 0.317 e. The molecular formula is C13H20N2O2. The summed E-state index contributed by atoms with van der Waals surface area (Å²) in [5.41, 5.74) is 1.03. The lowest BCUT2D eigenvalue weighted by Gasteiger charge is -2.27. The minimum absolute atomic E-state index is 0.140. The van der Waals surface area contributed by atoms with E-state index in [9.17, 15) is 10.1 Å². The van der Waals surface area contributed by atoms with E-state index in [1.807, 2.05) is 19.2 Å². The molecule has 4 nitrogen and oxygen atoms in total. The molecule has 0 saturated heterocycles. The van der Waals surface area contributed by atoms with Gasteiger partial charge in [-0.25, -0.2) is 0 Å². The van der Waals surface area contributed by atoms with Crippen LogP contribution >= 0.6 is 0 Å². The number of nitro groups is 1. The molecule has 4 heteroatoms. The Morgan fingerprint density at radius 1 is 1.24 bits per heavy atom. The van der Waals surface area contributed by atoms with Crippen LogP contribution in [0.3, 0.4) is 0 Å². The Labute approximate surface area is 102 Å². The van der Waals surface area contributed by atoms with Crippen molar-refractivity contribution in [2.45, 2.75) is 32.7 Å². The van der Waals surface area contributed by atoms with Crippen molar-refractivity contribution in [1.82, 2.24) is 5.32 Å². The zero-order valence-electron chi connectivity index (χ0n) is 10.8. The summed E-state index contributed by atoms with van der Waals surface area (Å²) in [5, 5.41) is 14.2. The molecule has 94 valence electrons. The van der Waals surface area contributed by atoms with Crippen LogP contribution in [-0.4, -0.2) is 18.0 Å². The minimum Gasteiger partial charge on any atom is -0.317 e. The van der Waals surface area contributed by atoms with E-state index in [1.54, 1.807) is 12.1 Å². The fraction of sp³-hybridized carbons (Fsp3) is 0.538. The third-order valence-electron chi connectivity index (χ3n) is 3.20. The Balaban J connectivity index is 3.23. The number of hydrogen-bond acceptors (Lipinski definition) is 3. The molecule has 1 aromatic carbocycles. The lowest BCUT2D eigenvalue weighted by molar-refractivity contribution is -0.385. The minimum atomic E-state index is -0.299. The Kier molecular flexibility index (Phi) is 4.63. The standard InChI is InChI=1S/C13H20N2O2/c1-9(2)13(10(3)14-4)11-7-5-6-8-12(11)15(16)17/h5-10,13-14H,1-4H3. The van der Waals surface area contributed by atoms with Gasteiger partial charge in [0.05, 0.1) is 4.92 Å². The van der Waals surface area contributed by atoms with Crippen LogP contribution in [0.1, 0.15) is 32.3 Å². The first kappa shape index (κ1) is 13.6. The van der Waals surface area contributed by atoms with Gasteiger partial charge < -0.3 is 5.32 Å². The van der Waals surface area contributed by atoms with E-state index < -0.39 is 0 Å². The fourth-order valence-corrected chi connectivity index (χ4v) is 2.32. The second-order valence-electron chi connectivity index (χ2n) is 4.66. The molecule has 2 atom stereocenters. The molecule has 0 amide bonds. The molecule has 1 aromatic rings. The van der Waals surface area contributed by atoms with Crippen LogP contribution in [0.25, 0.3) is 0 Å². The maximum absolute atomic E-state index is 11.0. The van der Waals surface area contributed by atoms with E-state index in [1.165, 1.54) is 0 Å². The summed E-state index contributed by atoms with van der Waals surface area (Å²) >= 11 is 0. The van der Waals surface area contributed by atoms with Crippen LogP contribution in [0, 0.1) is 16.0 Å². The first-order chi connectivity index (χ1) is 7.99. The molecule has 2 unspecified atom stereocenters. The van der Waals surface area contributed by atoms with Gasteiger partial charge in [-0.15, -0.1) is 0 Å². The van der Waals surface area contributed by atoms with Gasteiger partial charge in [0.25, 0.3) is 5.69 Å². The van der Waals surface area contributed by atoms with Crippen molar-refractivity contribution in [3.8, 4) is 0 Å². The van der Waals surface area contributed by atoms with Crippen molar-refractivity contribution in [2.75, 3.05) is 7.05 Å². The SMILES string of the molecule is CNC(C)C(c1ccccc1[N+](=O)[O-])C(C)C. The lowest BCUT2D eigenvalue weighted by Crippen LogP contribution is -2.32. The van der Waals surface area contributed by atoms with E-state index in [4.69, 9.17) is 0 Å². The zero-order chi connectivity index (χ0) is 13.0. The normalized spacial score (nSPS) is 14.6. The van der Waals surface area contributed by atoms with E-state index in [0.717, 1.165) is 5.56 Å². The third-order valence-corrected chi connectivity index (χ3v) is 3.20. The Hall–Kier alpha value is -1.42. The summed E-state index contributed by atoms with van der Waals surface area (Å²) in [6.07, 6.45) is 0. The lowest BCUT2D eigenvalue weighted by atomic mass is 9.82. The number of likely N-dealkylation sites (N-methyl/N-ethyl adjacent to an activating group) is 1. The smallest absolute Gasteiger partial charge is 0.272 e. The van der Waals surface area contributed by atoms with Crippen molar-refractivity contribution >= 4 is 5.69 Å². The number of hydrogen-bond donors (Lipinski definition) is 1. The van der Waals surface area contributed by atoms with Crippen LogP contribution < -0.4 is 5.32 Å². The second-order valence-corrected chi connectivity index (χ2v) is 4.66. The van der Waals surface area contributed by atoms with Crippen molar-refractivity contribution in [1.29, 1.82) is 0 Å². The summed E-state index contributed by atoms with van der Waals surface area (Å²) in [4.78, 5) is 10.7. The maximum atomic E-state index is 11.0. The second kappa shape index (κ2) is 5.77. The topological polar surface area (TPSA) is 55.2 Å². The maximum Gasteiger partial charge on any atom is 0.272 e. The summed E-state index contributed by atoms with van der Waals surface area (Å²) in [6, 6.07) is 7.21. The van der Waals surface area contributed by atoms with E-state index in [2.05, 4.69) is 26.1 Å². The van der Waals surface area contributed by atoms with Gasteiger partial charge in [-0.3, -0.25) is 10.1 Å². The summed E-state index contributed by atoms with van der Waals surface area (Å²) in [7, 11) is 1.88. The molecular weight excluding hydrogens is 216 g/mol. The Bertz CT molecular complexity index is 391. The molecule has 0 aromatic heterocycles. The number of para-hydroxylation sites is 1. The van der Waals surface area contributed by atoms with Gasteiger partial charge in [0, 0.05) is 23.6 Å². The van der Waals surface area contributed by atoms with Gasteiger partial charge in [0.15, 0.2) is 0 Å². The molecule has 0 saturated carbocycles. The Morgan fingerprint density at radius 3 is 2.29 bits per heavy atom. The van der Waals surface area contributed by atoms with Crippen LogP contribution in [0.15, 0.2) is 24.3 Å². The first-order valence-electron chi connectivity index (χ1n) is 5.89. The molecule has 0 heterocycles. The van der Waals surface area contributed by atoms with Crippen molar-refractivity contribution < 1.29 is 4.92 Å². The van der Waals surface area contributed by atoms with Gasteiger partial charge in [-0.1, -0.05) is 32.0 Å². The number of benzene rings is 1. The van der Waals surface area contributed by atoms with Gasteiger partial charge in [0.1, 0.15) is 0 Å². The molecule has 0 spiro atoms. The van der Waals surface area contributed by atoms with Crippen LogP contribution in [0.2, 0.25) is 0 Å². The average molecular weight is 236 g/mol. The Morgan fingerprint density at radius 2 is 1.82 bits per heavy atom. The average Bonchev–Trinajstić information content (AvgIpc) is 2.29. The van der Waals surface area contributed by atoms with Crippen LogP contribution in [0.4, 0.5) is 5.69 Å². The zero-order valence-corrected chi connectivity index (χ0v) is 10.8. The summed E-state index contributed by atoms with van der Waals surface area (Å²) in [5.74, 6) is 0.486. The van der Waals surface area contributed by atoms with E-state index >= 15 is 0 Å². The predicted octanol–water partition coefficient (Wildman–Crippen LogP) is 2.94. The molecule has 0 bridgehead atoms. The van der Waals surface area contributed by atoms with Crippen LogP contribution in [0.5, 0.6) is 0 Å². The number of nitro benzene ring substituents is 1. The molecule has 0 aliphatic carbocycles. The van der Waals surface area contributed by atoms with Gasteiger partial charge >= 0.3 is 0 Å². The monoisotopic (exact) mass is 236 g/mol. The quantitative estimate of drug-likeness (QED) is 0.631. The highest BCUT2D eigenvalue weighted by molar-refractivity contribution is 5.43. The number of rotatable bonds is 5. The molecule has 17 heavy (non-hydrogen) atoms. The van der Waals surface area contributed by atoms with Crippen LogP contribution in [-0.2, 0) is 0 Å². The highest BCUT2D eigenvalue weighted by Crippen LogP contribution is 2.33.